The molecule has 0 fully saturated rings. The van der Waals surface area contributed by atoms with Crippen LogP contribution >= 0.6 is 11.8 Å². The number of anilines is 2. The van der Waals surface area contributed by atoms with Crippen molar-refractivity contribution < 1.29 is 4.48 Å². The molecular formula is C22H32N3S+. The Labute approximate surface area is 163 Å². The molecule has 2 aromatic rings. The highest BCUT2D eigenvalue weighted by Gasteiger charge is 2.31. The fourth-order valence-corrected chi connectivity index (χ4v) is 4.57. The van der Waals surface area contributed by atoms with Crippen LogP contribution in [0.1, 0.15) is 39.5 Å². The number of para-hydroxylation sites is 1. The second kappa shape index (κ2) is 8.45. The summed E-state index contributed by atoms with van der Waals surface area (Å²) in [6, 6.07) is 13.5. The molecule has 1 aromatic carbocycles. The molecule has 26 heavy (non-hydrogen) atoms. The molecule has 0 saturated carbocycles. The highest BCUT2D eigenvalue weighted by molar-refractivity contribution is 7.99. The molecule has 0 N–H and O–H groups in total. The van der Waals surface area contributed by atoms with E-state index in [4.69, 9.17) is 4.98 Å². The van der Waals surface area contributed by atoms with E-state index < -0.39 is 0 Å². The van der Waals surface area contributed by atoms with Gasteiger partial charge in [-0.3, -0.25) is 0 Å². The first-order valence-corrected chi connectivity index (χ1v) is 10.7. The lowest BCUT2D eigenvalue weighted by atomic mass is 10.1. The largest absolute Gasteiger partial charge is 0.325 e. The summed E-state index contributed by atoms with van der Waals surface area (Å²) in [7, 11) is 4.75. The molecule has 1 aliphatic heterocycles. The van der Waals surface area contributed by atoms with E-state index in [1.165, 1.54) is 47.7 Å². The van der Waals surface area contributed by atoms with Gasteiger partial charge in [-0.15, -0.1) is 0 Å². The Morgan fingerprint density at radius 2 is 1.81 bits per heavy atom. The number of aromatic nitrogens is 1. The van der Waals surface area contributed by atoms with Gasteiger partial charge in [-0.25, -0.2) is 4.98 Å². The van der Waals surface area contributed by atoms with Gasteiger partial charge in [0.2, 0.25) is 0 Å². The van der Waals surface area contributed by atoms with Crippen molar-refractivity contribution in [1.29, 1.82) is 0 Å². The molecule has 1 unspecified atom stereocenters. The second-order valence-electron chi connectivity index (χ2n) is 7.92. The van der Waals surface area contributed by atoms with E-state index in [-0.39, 0.29) is 0 Å². The molecule has 2 heterocycles. The van der Waals surface area contributed by atoms with E-state index >= 15 is 0 Å². The van der Waals surface area contributed by atoms with Gasteiger partial charge in [-0.1, -0.05) is 43.7 Å². The van der Waals surface area contributed by atoms with Crippen molar-refractivity contribution in [2.45, 2.75) is 55.4 Å². The molecule has 1 aromatic heterocycles. The van der Waals surface area contributed by atoms with Crippen molar-refractivity contribution in [3.8, 4) is 0 Å². The molecule has 0 spiro atoms. The van der Waals surface area contributed by atoms with Crippen molar-refractivity contribution in [2.75, 3.05) is 32.1 Å². The van der Waals surface area contributed by atoms with E-state index in [9.17, 15) is 0 Å². The first-order valence-electron chi connectivity index (χ1n) is 9.85. The van der Waals surface area contributed by atoms with Crippen molar-refractivity contribution in [3.63, 3.8) is 0 Å². The molecule has 0 aliphatic carbocycles. The van der Waals surface area contributed by atoms with Crippen molar-refractivity contribution in [1.82, 2.24) is 4.98 Å². The van der Waals surface area contributed by atoms with Crippen molar-refractivity contribution in [2.24, 2.45) is 0 Å². The van der Waals surface area contributed by atoms with Crippen LogP contribution in [0.5, 0.6) is 0 Å². The van der Waals surface area contributed by atoms with Crippen molar-refractivity contribution in [3.05, 3.63) is 42.6 Å². The highest BCUT2D eigenvalue weighted by atomic mass is 32.2. The quantitative estimate of drug-likeness (QED) is 0.436. The van der Waals surface area contributed by atoms with Gasteiger partial charge in [0.15, 0.2) is 0 Å². The number of pyridine rings is 1. The molecule has 4 heteroatoms. The zero-order valence-corrected chi connectivity index (χ0v) is 17.4. The highest BCUT2D eigenvalue weighted by Crippen LogP contribution is 2.46. The number of hydrogen-bond donors (Lipinski definition) is 0. The van der Waals surface area contributed by atoms with Crippen LogP contribution in [0.3, 0.4) is 0 Å². The zero-order valence-electron chi connectivity index (χ0n) is 16.6. The lowest BCUT2D eigenvalue weighted by molar-refractivity contribution is -0.911. The lowest BCUT2D eigenvalue weighted by Gasteiger charge is -2.40. The Morgan fingerprint density at radius 3 is 2.62 bits per heavy atom. The van der Waals surface area contributed by atoms with E-state index in [0.29, 0.717) is 6.04 Å². The normalized spacial score (nSPS) is 14.7. The predicted molar refractivity (Wildman–Crippen MR) is 112 cm³/mol. The molecule has 0 saturated heterocycles. The minimum Gasteiger partial charge on any atom is -0.325 e. The standard InChI is InChI=1S/C22H32N3S/c1-5-6-7-10-16-25(3,4)18(2)17-24-19-12-8-9-13-20(19)26-21-14-11-15-23-22(21)24/h8-9,11-15,18H,5-7,10,16-17H2,1-4H3/q+1. The van der Waals surface area contributed by atoms with E-state index in [2.05, 4.69) is 63.2 Å². The number of fused-ring (bicyclic) bond motifs is 2. The van der Waals surface area contributed by atoms with Crippen molar-refractivity contribution >= 4 is 23.3 Å². The van der Waals surface area contributed by atoms with Gasteiger partial charge in [0.25, 0.3) is 0 Å². The maximum atomic E-state index is 4.72. The third-order valence-corrected chi connectivity index (χ3v) is 6.71. The first kappa shape index (κ1) is 19.2. The van der Waals surface area contributed by atoms with Crippen LogP contribution in [0.25, 0.3) is 0 Å². The van der Waals surface area contributed by atoms with E-state index in [1.54, 1.807) is 0 Å². The topological polar surface area (TPSA) is 16.1 Å². The van der Waals surface area contributed by atoms with Gasteiger partial charge < -0.3 is 9.38 Å². The van der Waals surface area contributed by atoms with Crippen LogP contribution in [0.2, 0.25) is 0 Å². The van der Waals surface area contributed by atoms with Gasteiger partial charge >= 0.3 is 0 Å². The molecule has 3 rings (SSSR count). The van der Waals surface area contributed by atoms with Gasteiger partial charge in [-0.05, 0) is 44.0 Å². The SMILES string of the molecule is CCCCCC[N+](C)(C)C(C)CN1c2ccccc2Sc2cccnc21. The summed E-state index contributed by atoms with van der Waals surface area (Å²) < 4.78 is 1.05. The Hall–Kier alpha value is -1.52. The fourth-order valence-electron chi connectivity index (χ4n) is 3.50. The number of benzene rings is 1. The monoisotopic (exact) mass is 370 g/mol. The minimum atomic E-state index is 0.530. The summed E-state index contributed by atoms with van der Waals surface area (Å²) in [6.45, 7) is 6.88. The van der Waals surface area contributed by atoms with Gasteiger partial charge in [0.05, 0.1) is 37.8 Å². The van der Waals surface area contributed by atoms with E-state index in [1.807, 2.05) is 24.0 Å². The van der Waals surface area contributed by atoms with E-state index in [0.717, 1.165) is 16.8 Å². The Kier molecular flexibility index (Phi) is 6.25. The van der Waals surface area contributed by atoms with Crippen LogP contribution in [-0.2, 0) is 0 Å². The Bertz CT molecular complexity index is 683. The molecule has 140 valence electrons. The molecule has 0 bridgehead atoms. The number of likely N-dealkylation sites (N-methyl/N-ethyl adjacent to an activating group) is 1. The summed E-state index contributed by atoms with van der Waals surface area (Å²) in [5.41, 5.74) is 1.29. The van der Waals surface area contributed by atoms with Crippen LogP contribution in [-0.4, -0.2) is 42.7 Å². The molecule has 0 radical (unpaired) electrons. The number of quaternary nitrogens is 1. The van der Waals surface area contributed by atoms with Crippen LogP contribution in [0.15, 0.2) is 52.4 Å². The summed E-state index contributed by atoms with van der Waals surface area (Å²) in [5, 5.41) is 0. The molecule has 0 amide bonds. The number of hydrogen-bond acceptors (Lipinski definition) is 3. The summed E-state index contributed by atoms with van der Waals surface area (Å²) in [4.78, 5) is 9.73. The summed E-state index contributed by atoms with van der Waals surface area (Å²) in [6.07, 6.45) is 7.22. The first-order chi connectivity index (χ1) is 12.5. The number of rotatable bonds is 8. The molecular weight excluding hydrogens is 338 g/mol. The van der Waals surface area contributed by atoms with Gasteiger partial charge in [-0.2, -0.15) is 0 Å². The maximum absolute atomic E-state index is 4.72. The van der Waals surface area contributed by atoms with Crippen LogP contribution in [0.4, 0.5) is 11.5 Å². The predicted octanol–water partition coefficient (Wildman–Crippen LogP) is 5.73. The Morgan fingerprint density at radius 1 is 1.04 bits per heavy atom. The lowest BCUT2D eigenvalue weighted by Crippen LogP contribution is -2.52. The smallest absolute Gasteiger partial charge is 0.147 e. The molecule has 1 atom stereocenters. The van der Waals surface area contributed by atoms with Gasteiger partial charge in [0.1, 0.15) is 11.9 Å². The van der Waals surface area contributed by atoms with Crippen LogP contribution < -0.4 is 4.90 Å². The fraction of sp³-hybridized carbons (Fsp3) is 0.500. The summed E-state index contributed by atoms with van der Waals surface area (Å²) >= 11 is 1.83. The zero-order chi connectivity index (χ0) is 18.6. The Balaban J connectivity index is 1.78. The van der Waals surface area contributed by atoms with Crippen LogP contribution in [0, 0.1) is 0 Å². The molecule has 3 nitrogen and oxygen atoms in total. The second-order valence-corrected chi connectivity index (χ2v) is 9.00. The molecule has 1 aliphatic rings. The minimum absolute atomic E-state index is 0.530. The average molecular weight is 371 g/mol. The maximum Gasteiger partial charge on any atom is 0.147 e. The third kappa shape index (κ3) is 4.24. The average Bonchev–Trinajstić information content (AvgIpc) is 2.65. The van der Waals surface area contributed by atoms with Gasteiger partial charge in [0, 0.05) is 11.1 Å². The third-order valence-electron chi connectivity index (χ3n) is 5.61. The number of unbranched alkanes of at least 4 members (excludes halogenated alkanes) is 3. The number of nitrogens with zero attached hydrogens (tertiary/aromatic N) is 3. The summed E-state index contributed by atoms with van der Waals surface area (Å²) in [5.74, 6) is 1.11.